The second-order valence-corrected chi connectivity index (χ2v) is 5.03. The molecular weight excluding hydrogens is 329 g/mol. The van der Waals surface area contributed by atoms with E-state index in [1.165, 1.54) is 24.3 Å². The van der Waals surface area contributed by atoms with Crippen molar-refractivity contribution in [2.24, 2.45) is 0 Å². The number of hydrogen-bond acceptors (Lipinski definition) is 3. The number of H-pyrrole nitrogens is 1. The molecule has 0 radical (unpaired) electrons. The maximum Gasteiger partial charge on any atom is 0.417 e. The van der Waals surface area contributed by atoms with E-state index in [1.54, 1.807) is 12.1 Å². The molecule has 0 saturated heterocycles. The number of rotatable bonds is 2. The SMILES string of the molecule is O=C(c1ccc2[nH]c(=O)oc2c1)c1ccc(F)cc1Br. The number of carbonyl (C=O) groups excluding carboxylic acids is 1. The van der Waals surface area contributed by atoms with Crippen LogP contribution < -0.4 is 5.76 Å². The van der Waals surface area contributed by atoms with Gasteiger partial charge in [0.1, 0.15) is 5.82 Å². The van der Waals surface area contributed by atoms with Crippen LogP contribution in [0.4, 0.5) is 4.39 Å². The highest BCUT2D eigenvalue weighted by molar-refractivity contribution is 9.10. The van der Waals surface area contributed by atoms with Gasteiger partial charge in [0.2, 0.25) is 0 Å². The topological polar surface area (TPSA) is 63.1 Å². The second-order valence-electron chi connectivity index (χ2n) is 4.18. The van der Waals surface area contributed by atoms with Gasteiger partial charge < -0.3 is 4.42 Å². The van der Waals surface area contributed by atoms with Crippen LogP contribution in [0.2, 0.25) is 0 Å². The van der Waals surface area contributed by atoms with Crippen molar-refractivity contribution >= 4 is 32.8 Å². The Balaban J connectivity index is 2.09. The summed E-state index contributed by atoms with van der Waals surface area (Å²) in [6.07, 6.45) is 0. The lowest BCUT2D eigenvalue weighted by Crippen LogP contribution is -2.02. The van der Waals surface area contributed by atoms with Crippen molar-refractivity contribution in [1.29, 1.82) is 0 Å². The average molecular weight is 336 g/mol. The molecule has 1 aromatic heterocycles. The number of halogens is 2. The van der Waals surface area contributed by atoms with E-state index in [9.17, 15) is 14.0 Å². The van der Waals surface area contributed by atoms with Crippen molar-refractivity contribution in [3.63, 3.8) is 0 Å². The van der Waals surface area contributed by atoms with Gasteiger partial charge in [-0.3, -0.25) is 9.78 Å². The van der Waals surface area contributed by atoms with E-state index < -0.39 is 11.6 Å². The van der Waals surface area contributed by atoms with E-state index in [2.05, 4.69) is 20.9 Å². The van der Waals surface area contributed by atoms with Gasteiger partial charge in [0, 0.05) is 15.6 Å². The van der Waals surface area contributed by atoms with E-state index in [4.69, 9.17) is 4.42 Å². The van der Waals surface area contributed by atoms with Crippen LogP contribution in [0.25, 0.3) is 11.1 Å². The Morgan fingerprint density at radius 3 is 2.75 bits per heavy atom. The number of carbonyl (C=O) groups is 1. The zero-order chi connectivity index (χ0) is 14.3. The molecular formula is C14H7BrFNO3. The first kappa shape index (κ1) is 12.8. The molecule has 100 valence electrons. The fourth-order valence-corrected chi connectivity index (χ4v) is 2.45. The van der Waals surface area contributed by atoms with Crippen molar-refractivity contribution in [1.82, 2.24) is 4.98 Å². The Bertz CT molecular complexity index is 882. The summed E-state index contributed by atoms with van der Waals surface area (Å²) < 4.78 is 18.3. The zero-order valence-electron chi connectivity index (χ0n) is 9.94. The highest BCUT2D eigenvalue weighted by Crippen LogP contribution is 2.22. The molecule has 0 saturated carbocycles. The molecule has 0 atom stereocenters. The molecule has 1 heterocycles. The van der Waals surface area contributed by atoms with Gasteiger partial charge in [0.05, 0.1) is 5.52 Å². The summed E-state index contributed by atoms with van der Waals surface area (Å²) in [6, 6.07) is 8.48. The van der Waals surface area contributed by atoms with Crippen LogP contribution in [0.3, 0.4) is 0 Å². The molecule has 0 bridgehead atoms. The lowest BCUT2D eigenvalue weighted by atomic mass is 10.0. The van der Waals surface area contributed by atoms with Crippen molar-refractivity contribution in [3.8, 4) is 0 Å². The minimum atomic E-state index is -0.576. The van der Waals surface area contributed by atoms with Crippen molar-refractivity contribution in [3.05, 3.63) is 68.4 Å². The summed E-state index contributed by atoms with van der Waals surface area (Å²) in [5, 5.41) is 0. The maximum atomic E-state index is 13.0. The minimum Gasteiger partial charge on any atom is -0.408 e. The molecule has 3 aromatic rings. The Morgan fingerprint density at radius 2 is 2.00 bits per heavy atom. The van der Waals surface area contributed by atoms with Crippen LogP contribution in [0.5, 0.6) is 0 Å². The first-order valence-electron chi connectivity index (χ1n) is 5.67. The highest BCUT2D eigenvalue weighted by atomic mass is 79.9. The highest BCUT2D eigenvalue weighted by Gasteiger charge is 2.14. The molecule has 0 amide bonds. The predicted molar refractivity (Wildman–Crippen MR) is 74.4 cm³/mol. The minimum absolute atomic E-state index is 0.289. The van der Waals surface area contributed by atoms with E-state index in [0.717, 1.165) is 0 Å². The molecule has 20 heavy (non-hydrogen) atoms. The Hall–Kier alpha value is -2.21. The Kier molecular flexibility index (Phi) is 3.02. The van der Waals surface area contributed by atoms with Crippen LogP contribution in [0.15, 0.2) is 50.1 Å². The first-order chi connectivity index (χ1) is 9.54. The number of aromatic nitrogens is 1. The van der Waals surface area contributed by atoms with Gasteiger partial charge in [-0.05, 0) is 52.3 Å². The molecule has 0 aliphatic carbocycles. The number of aromatic amines is 1. The molecule has 0 unspecified atom stereocenters. The van der Waals surface area contributed by atoms with Gasteiger partial charge in [-0.1, -0.05) is 0 Å². The lowest BCUT2D eigenvalue weighted by Gasteiger charge is -2.04. The Morgan fingerprint density at radius 1 is 1.20 bits per heavy atom. The lowest BCUT2D eigenvalue weighted by molar-refractivity contribution is 0.103. The summed E-state index contributed by atoms with van der Waals surface area (Å²) in [6.45, 7) is 0. The molecule has 0 fully saturated rings. The van der Waals surface area contributed by atoms with Crippen LogP contribution in [-0.4, -0.2) is 10.8 Å². The fourth-order valence-electron chi connectivity index (χ4n) is 1.92. The average Bonchev–Trinajstić information content (AvgIpc) is 2.77. The fraction of sp³-hybridized carbons (Fsp3) is 0. The summed E-state index contributed by atoms with van der Waals surface area (Å²) >= 11 is 3.16. The van der Waals surface area contributed by atoms with Crippen molar-refractivity contribution in [2.75, 3.05) is 0 Å². The Labute approximate surface area is 120 Å². The monoisotopic (exact) mass is 335 g/mol. The number of nitrogens with one attached hydrogen (secondary N) is 1. The van der Waals surface area contributed by atoms with Crippen LogP contribution >= 0.6 is 15.9 Å². The van der Waals surface area contributed by atoms with Gasteiger partial charge in [0.15, 0.2) is 11.4 Å². The van der Waals surface area contributed by atoms with E-state index in [1.807, 2.05) is 0 Å². The third-order valence-corrected chi connectivity index (χ3v) is 3.52. The summed E-state index contributed by atoms with van der Waals surface area (Å²) in [5.41, 5.74) is 1.51. The van der Waals surface area contributed by atoms with Gasteiger partial charge in [0.25, 0.3) is 0 Å². The maximum absolute atomic E-state index is 13.0. The van der Waals surface area contributed by atoms with Gasteiger partial charge in [-0.2, -0.15) is 0 Å². The van der Waals surface area contributed by atoms with E-state index >= 15 is 0 Å². The van der Waals surface area contributed by atoms with Crippen LogP contribution in [0.1, 0.15) is 15.9 Å². The number of fused-ring (bicyclic) bond motifs is 1. The summed E-state index contributed by atoms with van der Waals surface area (Å²) in [7, 11) is 0. The van der Waals surface area contributed by atoms with E-state index in [0.29, 0.717) is 26.7 Å². The van der Waals surface area contributed by atoms with E-state index in [-0.39, 0.29) is 5.78 Å². The van der Waals surface area contributed by atoms with Crippen LogP contribution in [0, 0.1) is 5.82 Å². The van der Waals surface area contributed by atoms with Gasteiger partial charge in [-0.25, -0.2) is 9.18 Å². The van der Waals surface area contributed by atoms with Gasteiger partial charge in [-0.15, -0.1) is 0 Å². The third-order valence-electron chi connectivity index (χ3n) is 2.86. The molecule has 4 nitrogen and oxygen atoms in total. The number of hydrogen-bond donors (Lipinski definition) is 1. The second kappa shape index (κ2) is 4.72. The number of benzene rings is 2. The van der Waals surface area contributed by atoms with Crippen molar-refractivity contribution in [2.45, 2.75) is 0 Å². The summed E-state index contributed by atoms with van der Waals surface area (Å²) in [5.74, 6) is -1.30. The standard InChI is InChI=1S/C14H7BrFNO3/c15-10-6-8(16)2-3-9(10)13(18)7-1-4-11-12(5-7)20-14(19)17-11/h1-6H,(H,17,19). The largest absolute Gasteiger partial charge is 0.417 e. The normalized spacial score (nSPS) is 10.9. The van der Waals surface area contributed by atoms with Crippen molar-refractivity contribution < 1.29 is 13.6 Å². The zero-order valence-corrected chi connectivity index (χ0v) is 11.5. The quantitative estimate of drug-likeness (QED) is 0.731. The molecule has 1 N–H and O–H groups in total. The molecule has 0 aliphatic rings. The molecule has 0 spiro atoms. The third kappa shape index (κ3) is 2.18. The number of oxazole rings is 1. The molecule has 2 aromatic carbocycles. The first-order valence-corrected chi connectivity index (χ1v) is 6.46. The molecule has 6 heteroatoms. The van der Waals surface area contributed by atoms with Gasteiger partial charge >= 0.3 is 5.76 Å². The predicted octanol–water partition coefficient (Wildman–Crippen LogP) is 3.25. The summed E-state index contributed by atoms with van der Waals surface area (Å²) in [4.78, 5) is 25.9. The smallest absolute Gasteiger partial charge is 0.408 e. The number of ketones is 1. The molecule has 3 rings (SSSR count). The molecule has 0 aliphatic heterocycles. The van der Waals surface area contributed by atoms with Crippen LogP contribution in [-0.2, 0) is 0 Å².